The van der Waals surface area contributed by atoms with E-state index in [0.717, 1.165) is 19.0 Å². The minimum atomic E-state index is 0.437. The van der Waals surface area contributed by atoms with Gasteiger partial charge in [0.1, 0.15) is 5.82 Å². The molecule has 1 aliphatic heterocycles. The smallest absolute Gasteiger partial charge is 0.128 e. The van der Waals surface area contributed by atoms with Crippen molar-refractivity contribution in [2.45, 2.75) is 31.9 Å². The van der Waals surface area contributed by atoms with E-state index in [-0.39, 0.29) is 0 Å². The Kier molecular flexibility index (Phi) is 2.56. The molecular weight excluding hydrogens is 200 g/mol. The first-order valence-electron chi connectivity index (χ1n) is 6.19. The van der Waals surface area contributed by atoms with Crippen LogP contribution in [0.5, 0.6) is 0 Å². The molecule has 2 aliphatic rings. The topological polar surface area (TPSA) is 25.4 Å². The number of nitrogens with zero attached hydrogens (tertiary/aromatic N) is 2. The zero-order valence-corrected chi connectivity index (χ0v) is 9.67. The highest BCUT2D eigenvalue weighted by molar-refractivity contribution is 5.43. The second-order valence-electron chi connectivity index (χ2n) is 4.67. The maximum absolute atomic E-state index is 5.87. The van der Waals surface area contributed by atoms with Crippen molar-refractivity contribution in [2.24, 2.45) is 5.92 Å². The third kappa shape index (κ3) is 1.50. The van der Waals surface area contributed by atoms with Gasteiger partial charge in [0.15, 0.2) is 0 Å². The van der Waals surface area contributed by atoms with E-state index in [1.165, 1.54) is 12.8 Å². The zero-order chi connectivity index (χ0) is 11.0. The molecule has 0 radical (unpaired) electrons. The predicted octanol–water partition coefficient (Wildman–Crippen LogP) is 2.09. The summed E-state index contributed by atoms with van der Waals surface area (Å²) in [5.41, 5.74) is 0. The lowest BCUT2D eigenvalue weighted by molar-refractivity contribution is 0.0482. The molecule has 86 valence electrons. The first-order valence-corrected chi connectivity index (χ1v) is 6.19. The standard InChI is InChI=1S/C13H18N2O/c1-2-16-13-10-6-7-11(13)15(9-10)12-5-3-4-8-14-12/h3-5,8,10-11,13H,2,6-7,9H2,1H3. The van der Waals surface area contributed by atoms with Crippen LogP contribution in [0.15, 0.2) is 24.4 Å². The second kappa shape index (κ2) is 4.06. The molecule has 16 heavy (non-hydrogen) atoms. The van der Waals surface area contributed by atoms with E-state index in [1.807, 2.05) is 12.3 Å². The van der Waals surface area contributed by atoms with Crippen molar-refractivity contribution in [2.75, 3.05) is 18.1 Å². The molecule has 0 amide bonds. The number of fused-ring (bicyclic) bond motifs is 2. The lowest BCUT2D eigenvalue weighted by Crippen LogP contribution is -2.35. The Balaban J connectivity index is 1.81. The van der Waals surface area contributed by atoms with Gasteiger partial charge in [-0.25, -0.2) is 4.98 Å². The SMILES string of the molecule is CCOC1C2CCC1N(c1ccccn1)C2. The average Bonchev–Trinajstić information content (AvgIpc) is 2.88. The van der Waals surface area contributed by atoms with Gasteiger partial charge in [0.05, 0.1) is 12.1 Å². The fourth-order valence-corrected chi connectivity index (χ4v) is 3.17. The van der Waals surface area contributed by atoms with Crippen molar-refractivity contribution in [1.82, 2.24) is 4.98 Å². The Bertz CT molecular complexity index is 354. The Morgan fingerprint density at radius 3 is 3.12 bits per heavy atom. The quantitative estimate of drug-likeness (QED) is 0.776. The largest absolute Gasteiger partial charge is 0.376 e. The second-order valence-corrected chi connectivity index (χ2v) is 4.67. The summed E-state index contributed by atoms with van der Waals surface area (Å²) < 4.78 is 5.87. The summed E-state index contributed by atoms with van der Waals surface area (Å²) in [6, 6.07) is 6.69. The van der Waals surface area contributed by atoms with Gasteiger partial charge in [0, 0.05) is 25.3 Å². The third-order valence-electron chi connectivity index (χ3n) is 3.81. The number of piperidine rings is 1. The molecule has 0 spiro atoms. The molecule has 3 atom stereocenters. The third-order valence-corrected chi connectivity index (χ3v) is 3.81. The molecule has 1 saturated heterocycles. The molecule has 1 saturated carbocycles. The highest BCUT2D eigenvalue weighted by Gasteiger charge is 2.47. The van der Waals surface area contributed by atoms with E-state index in [9.17, 15) is 0 Å². The van der Waals surface area contributed by atoms with Crippen LogP contribution in [-0.2, 0) is 4.74 Å². The number of ether oxygens (including phenoxy) is 1. The average molecular weight is 218 g/mol. The highest BCUT2D eigenvalue weighted by atomic mass is 16.5. The van der Waals surface area contributed by atoms with E-state index in [1.54, 1.807) is 0 Å². The Morgan fingerprint density at radius 1 is 1.44 bits per heavy atom. The fourth-order valence-electron chi connectivity index (χ4n) is 3.17. The lowest BCUT2D eigenvalue weighted by Gasteiger charge is -2.28. The Hall–Kier alpha value is -1.09. The molecule has 2 bridgehead atoms. The van der Waals surface area contributed by atoms with E-state index in [0.29, 0.717) is 18.1 Å². The summed E-state index contributed by atoms with van der Waals surface area (Å²) in [6.07, 6.45) is 4.88. The van der Waals surface area contributed by atoms with Crippen LogP contribution in [0.4, 0.5) is 5.82 Å². The van der Waals surface area contributed by atoms with Gasteiger partial charge in [-0.3, -0.25) is 0 Å². The molecule has 2 fully saturated rings. The maximum atomic E-state index is 5.87. The molecule has 1 aromatic heterocycles. The molecule has 3 nitrogen and oxygen atoms in total. The molecular formula is C13H18N2O. The summed E-state index contributed by atoms with van der Waals surface area (Å²) in [4.78, 5) is 6.87. The van der Waals surface area contributed by atoms with Crippen LogP contribution in [0.25, 0.3) is 0 Å². The van der Waals surface area contributed by atoms with Gasteiger partial charge in [-0.2, -0.15) is 0 Å². The number of rotatable bonds is 3. The first kappa shape index (κ1) is 10.1. The van der Waals surface area contributed by atoms with Gasteiger partial charge in [-0.05, 0) is 31.9 Å². The number of aromatic nitrogens is 1. The van der Waals surface area contributed by atoms with Crippen LogP contribution >= 0.6 is 0 Å². The van der Waals surface area contributed by atoms with Crippen LogP contribution in [0, 0.1) is 5.92 Å². The van der Waals surface area contributed by atoms with Gasteiger partial charge in [0.2, 0.25) is 0 Å². The van der Waals surface area contributed by atoms with Crippen LogP contribution in [0.1, 0.15) is 19.8 Å². The molecule has 0 aromatic carbocycles. The van der Waals surface area contributed by atoms with Crippen molar-refractivity contribution in [3.63, 3.8) is 0 Å². The maximum Gasteiger partial charge on any atom is 0.128 e. The van der Waals surface area contributed by atoms with Crippen LogP contribution < -0.4 is 4.90 Å². The van der Waals surface area contributed by atoms with Crippen molar-refractivity contribution >= 4 is 5.82 Å². The van der Waals surface area contributed by atoms with Crippen LogP contribution in [0.3, 0.4) is 0 Å². The van der Waals surface area contributed by atoms with E-state index in [4.69, 9.17) is 4.74 Å². The first-order chi connectivity index (χ1) is 7.90. The van der Waals surface area contributed by atoms with Crippen LogP contribution in [-0.4, -0.2) is 30.3 Å². The highest BCUT2D eigenvalue weighted by Crippen LogP contribution is 2.41. The molecule has 2 heterocycles. The zero-order valence-electron chi connectivity index (χ0n) is 9.67. The Labute approximate surface area is 96.4 Å². The number of anilines is 1. The summed E-state index contributed by atoms with van der Waals surface area (Å²) >= 11 is 0. The van der Waals surface area contributed by atoms with Gasteiger partial charge in [0.25, 0.3) is 0 Å². The molecule has 3 heteroatoms. The van der Waals surface area contributed by atoms with Crippen molar-refractivity contribution in [1.29, 1.82) is 0 Å². The summed E-state index contributed by atoms with van der Waals surface area (Å²) in [6.45, 7) is 4.03. The van der Waals surface area contributed by atoms with Crippen LogP contribution in [0.2, 0.25) is 0 Å². The number of hydrogen-bond acceptors (Lipinski definition) is 3. The number of hydrogen-bond donors (Lipinski definition) is 0. The van der Waals surface area contributed by atoms with Gasteiger partial charge in [-0.15, -0.1) is 0 Å². The van der Waals surface area contributed by atoms with Gasteiger partial charge >= 0.3 is 0 Å². The van der Waals surface area contributed by atoms with E-state index in [2.05, 4.69) is 28.9 Å². The predicted molar refractivity (Wildman–Crippen MR) is 63.5 cm³/mol. The summed E-state index contributed by atoms with van der Waals surface area (Å²) in [7, 11) is 0. The van der Waals surface area contributed by atoms with E-state index >= 15 is 0 Å². The molecule has 3 unspecified atom stereocenters. The van der Waals surface area contributed by atoms with Gasteiger partial charge < -0.3 is 9.64 Å². The van der Waals surface area contributed by atoms with Gasteiger partial charge in [-0.1, -0.05) is 6.07 Å². The minimum absolute atomic E-state index is 0.437. The van der Waals surface area contributed by atoms with Crippen molar-refractivity contribution < 1.29 is 4.74 Å². The summed E-state index contributed by atoms with van der Waals surface area (Å²) in [5, 5.41) is 0. The fraction of sp³-hybridized carbons (Fsp3) is 0.615. The Morgan fingerprint density at radius 2 is 2.38 bits per heavy atom. The van der Waals surface area contributed by atoms with Crippen molar-refractivity contribution in [3.05, 3.63) is 24.4 Å². The summed E-state index contributed by atoms with van der Waals surface area (Å²) in [5.74, 6) is 1.83. The molecule has 1 aromatic rings. The normalized spacial score (nSPS) is 32.3. The van der Waals surface area contributed by atoms with Crippen molar-refractivity contribution in [3.8, 4) is 0 Å². The van der Waals surface area contributed by atoms with E-state index < -0.39 is 0 Å². The molecule has 3 rings (SSSR count). The lowest BCUT2D eigenvalue weighted by atomic mass is 10.1. The molecule has 1 aliphatic carbocycles. The molecule has 0 N–H and O–H groups in total. The monoisotopic (exact) mass is 218 g/mol. The number of pyridine rings is 1. The minimum Gasteiger partial charge on any atom is -0.376 e.